The van der Waals surface area contributed by atoms with Gasteiger partial charge in [0.15, 0.2) is 0 Å². The van der Waals surface area contributed by atoms with Crippen LogP contribution in [-0.2, 0) is 19.4 Å². The summed E-state index contributed by atoms with van der Waals surface area (Å²) in [6.45, 7) is 2.83. The molecule has 142 valence electrons. The molecule has 0 bridgehead atoms. The number of benzene rings is 2. The first kappa shape index (κ1) is 18.4. The number of carbonyl (C=O) groups excluding carboxylic acids is 1. The third-order valence-corrected chi connectivity index (χ3v) is 5.20. The third kappa shape index (κ3) is 3.85. The maximum absolute atomic E-state index is 12.7. The second-order valence-corrected chi connectivity index (χ2v) is 7.52. The van der Waals surface area contributed by atoms with E-state index in [1.807, 2.05) is 31.2 Å². The van der Waals surface area contributed by atoms with Gasteiger partial charge < -0.3 is 9.88 Å². The lowest BCUT2D eigenvalue weighted by Crippen LogP contribution is -2.39. The van der Waals surface area contributed by atoms with Crippen LogP contribution in [0.1, 0.15) is 38.6 Å². The van der Waals surface area contributed by atoms with Crippen molar-refractivity contribution in [2.75, 3.05) is 6.54 Å². The molecule has 2 heterocycles. The quantitative estimate of drug-likeness (QED) is 0.740. The number of carbonyl (C=O) groups is 1. The van der Waals surface area contributed by atoms with Crippen molar-refractivity contribution < 1.29 is 4.79 Å². The SMILES string of the molecule is Cc1ccc(Cc2nc3c(c(=O)[nH]2)CN(C(=O)c2cccc(Cl)c2)CC3)cc1. The Kier molecular flexibility index (Phi) is 5.01. The first-order chi connectivity index (χ1) is 13.5. The maximum Gasteiger partial charge on any atom is 0.256 e. The van der Waals surface area contributed by atoms with E-state index in [2.05, 4.69) is 9.97 Å². The Labute approximate surface area is 168 Å². The number of rotatable bonds is 3. The van der Waals surface area contributed by atoms with Crippen LogP contribution in [0.3, 0.4) is 0 Å². The molecular formula is C22H20ClN3O2. The minimum absolute atomic E-state index is 0.128. The largest absolute Gasteiger partial charge is 0.334 e. The molecule has 1 aromatic heterocycles. The van der Waals surface area contributed by atoms with Gasteiger partial charge in [0.05, 0.1) is 17.8 Å². The number of hydrogen-bond donors (Lipinski definition) is 1. The van der Waals surface area contributed by atoms with E-state index < -0.39 is 0 Å². The molecule has 28 heavy (non-hydrogen) atoms. The van der Waals surface area contributed by atoms with E-state index in [1.54, 1.807) is 29.2 Å². The highest BCUT2D eigenvalue weighted by Crippen LogP contribution is 2.19. The van der Waals surface area contributed by atoms with Crippen LogP contribution >= 0.6 is 11.6 Å². The van der Waals surface area contributed by atoms with Crippen LogP contribution < -0.4 is 5.56 Å². The molecule has 5 nitrogen and oxygen atoms in total. The lowest BCUT2D eigenvalue weighted by Gasteiger charge is -2.28. The van der Waals surface area contributed by atoms with Gasteiger partial charge in [-0.2, -0.15) is 0 Å². The Hall–Kier alpha value is -2.92. The highest BCUT2D eigenvalue weighted by atomic mass is 35.5. The summed E-state index contributed by atoms with van der Waals surface area (Å²) in [5.41, 5.74) is 3.99. The molecule has 1 amide bonds. The Morgan fingerprint density at radius 1 is 1.21 bits per heavy atom. The van der Waals surface area contributed by atoms with Crippen LogP contribution in [0.5, 0.6) is 0 Å². The highest BCUT2D eigenvalue weighted by molar-refractivity contribution is 6.30. The van der Waals surface area contributed by atoms with Gasteiger partial charge in [-0.1, -0.05) is 47.5 Å². The molecule has 4 rings (SSSR count). The molecule has 6 heteroatoms. The van der Waals surface area contributed by atoms with Gasteiger partial charge in [0.1, 0.15) is 5.82 Å². The molecule has 2 aromatic carbocycles. The number of nitrogens with one attached hydrogen (secondary N) is 1. The van der Waals surface area contributed by atoms with Gasteiger partial charge >= 0.3 is 0 Å². The van der Waals surface area contributed by atoms with Crippen LogP contribution in [0.2, 0.25) is 5.02 Å². The standard InChI is InChI=1S/C22H20ClN3O2/c1-14-5-7-15(8-6-14)11-20-24-19-9-10-26(13-18(19)21(27)25-20)22(28)16-3-2-4-17(23)12-16/h2-8,12H,9-11,13H2,1H3,(H,24,25,27). The summed E-state index contributed by atoms with van der Waals surface area (Å²) in [7, 11) is 0. The molecular weight excluding hydrogens is 374 g/mol. The van der Waals surface area contributed by atoms with Crippen molar-refractivity contribution in [1.82, 2.24) is 14.9 Å². The molecule has 3 aromatic rings. The summed E-state index contributed by atoms with van der Waals surface area (Å²) >= 11 is 5.99. The second kappa shape index (κ2) is 7.60. The van der Waals surface area contributed by atoms with Crippen LogP contribution in [0.25, 0.3) is 0 Å². The van der Waals surface area contributed by atoms with Crippen molar-refractivity contribution in [1.29, 1.82) is 0 Å². The minimum atomic E-state index is -0.171. The van der Waals surface area contributed by atoms with Gasteiger partial charge in [0.2, 0.25) is 0 Å². The van der Waals surface area contributed by atoms with Crippen molar-refractivity contribution in [3.63, 3.8) is 0 Å². The third-order valence-electron chi connectivity index (χ3n) is 4.97. The normalized spacial score (nSPS) is 13.3. The Morgan fingerprint density at radius 2 is 2.00 bits per heavy atom. The van der Waals surface area contributed by atoms with E-state index in [0.29, 0.717) is 41.4 Å². The predicted octanol–water partition coefficient (Wildman–Crippen LogP) is 3.52. The van der Waals surface area contributed by atoms with Crippen molar-refractivity contribution in [3.8, 4) is 0 Å². The number of aromatic amines is 1. The van der Waals surface area contributed by atoms with E-state index in [1.165, 1.54) is 5.56 Å². The Balaban J connectivity index is 1.55. The van der Waals surface area contributed by atoms with Crippen molar-refractivity contribution in [2.24, 2.45) is 0 Å². The van der Waals surface area contributed by atoms with E-state index in [-0.39, 0.29) is 18.0 Å². The molecule has 0 aliphatic carbocycles. The first-order valence-corrected chi connectivity index (χ1v) is 9.59. The predicted molar refractivity (Wildman–Crippen MR) is 109 cm³/mol. The average molecular weight is 394 g/mol. The van der Waals surface area contributed by atoms with Crippen LogP contribution in [0.4, 0.5) is 0 Å². The summed E-state index contributed by atoms with van der Waals surface area (Å²) in [6, 6.07) is 15.0. The molecule has 0 unspecified atom stereocenters. The number of amides is 1. The average Bonchev–Trinajstić information content (AvgIpc) is 2.69. The van der Waals surface area contributed by atoms with E-state index in [9.17, 15) is 9.59 Å². The van der Waals surface area contributed by atoms with E-state index in [0.717, 1.165) is 11.3 Å². The fourth-order valence-corrected chi connectivity index (χ4v) is 3.63. The lowest BCUT2D eigenvalue weighted by molar-refractivity contribution is 0.0732. The minimum Gasteiger partial charge on any atom is -0.334 e. The first-order valence-electron chi connectivity index (χ1n) is 9.21. The van der Waals surface area contributed by atoms with Gasteiger partial charge in [-0.15, -0.1) is 0 Å². The molecule has 0 atom stereocenters. The van der Waals surface area contributed by atoms with Crippen molar-refractivity contribution >= 4 is 17.5 Å². The summed E-state index contributed by atoms with van der Waals surface area (Å²) in [6.07, 6.45) is 1.14. The molecule has 0 spiro atoms. The van der Waals surface area contributed by atoms with E-state index in [4.69, 9.17) is 11.6 Å². The molecule has 0 radical (unpaired) electrons. The monoisotopic (exact) mass is 393 g/mol. The van der Waals surface area contributed by atoms with E-state index >= 15 is 0 Å². The van der Waals surface area contributed by atoms with Crippen LogP contribution in [0.15, 0.2) is 53.3 Å². The van der Waals surface area contributed by atoms with Gasteiger partial charge in [0, 0.05) is 30.0 Å². The summed E-state index contributed by atoms with van der Waals surface area (Å²) < 4.78 is 0. The zero-order valence-corrected chi connectivity index (χ0v) is 16.3. The fourth-order valence-electron chi connectivity index (χ4n) is 3.44. The molecule has 1 aliphatic rings. The number of nitrogens with zero attached hydrogens (tertiary/aromatic N) is 2. The molecule has 0 saturated carbocycles. The number of hydrogen-bond acceptors (Lipinski definition) is 3. The fraction of sp³-hybridized carbons (Fsp3) is 0.227. The highest BCUT2D eigenvalue weighted by Gasteiger charge is 2.25. The van der Waals surface area contributed by atoms with Gasteiger partial charge in [-0.3, -0.25) is 9.59 Å². The van der Waals surface area contributed by atoms with Gasteiger partial charge in [-0.25, -0.2) is 4.98 Å². The maximum atomic E-state index is 12.7. The lowest BCUT2D eigenvalue weighted by atomic mass is 10.0. The van der Waals surface area contributed by atoms with Crippen LogP contribution in [-0.4, -0.2) is 27.3 Å². The Bertz CT molecular complexity index is 1090. The van der Waals surface area contributed by atoms with Crippen LogP contribution in [0, 0.1) is 6.92 Å². The number of H-pyrrole nitrogens is 1. The van der Waals surface area contributed by atoms with Crippen molar-refractivity contribution in [3.05, 3.63) is 97.7 Å². The zero-order valence-electron chi connectivity index (χ0n) is 15.5. The summed E-state index contributed by atoms with van der Waals surface area (Å²) in [5.74, 6) is 0.526. The number of aromatic nitrogens is 2. The van der Waals surface area contributed by atoms with Gasteiger partial charge in [0.25, 0.3) is 11.5 Å². The zero-order chi connectivity index (χ0) is 19.7. The molecule has 0 fully saturated rings. The molecule has 1 N–H and O–H groups in total. The summed E-state index contributed by atoms with van der Waals surface area (Å²) in [5, 5.41) is 0.517. The van der Waals surface area contributed by atoms with Gasteiger partial charge in [-0.05, 0) is 30.7 Å². The number of aryl methyl sites for hydroxylation is 1. The van der Waals surface area contributed by atoms with Crippen molar-refractivity contribution in [2.45, 2.75) is 26.3 Å². The molecule has 1 aliphatic heterocycles. The Morgan fingerprint density at radius 3 is 2.75 bits per heavy atom. The number of fused-ring (bicyclic) bond motifs is 1. The smallest absolute Gasteiger partial charge is 0.256 e. The summed E-state index contributed by atoms with van der Waals surface area (Å²) in [4.78, 5) is 34.6. The second-order valence-electron chi connectivity index (χ2n) is 7.09. The topological polar surface area (TPSA) is 66.1 Å². The number of halogens is 1. The molecule has 0 saturated heterocycles.